The van der Waals surface area contributed by atoms with E-state index in [1.807, 2.05) is 0 Å². The highest BCUT2D eigenvalue weighted by Gasteiger charge is 2.30. The minimum atomic E-state index is -0.405. The predicted octanol–water partition coefficient (Wildman–Crippen LogP) is 1.72. The lowest BCUT2D eigenvalue weighted by Crippen LogP contribution is -2.46. The molecule has 0 bridgehead atoms. The van der Waals surface area contributed by atoms with Crippen LogP contribution in [0.4, 0.5) is 11.4 Å². The molecule has 2 aliphatic heterocycles. The van der Waals surface area contributed by atoms with Crippen LogP contribution in [0.3, 0.4) is 0 Å². The summed E-state index contributed by atoms with van der Waals surface area (Å²) in [6.45, 7) is 1.96. The SMILES string of the molecule is O=C(CN1CCCCC1CCO)N1CCc2cc([N+](=O)[O-])ccc21. The maximum absolute atomic E-state index is 12.7. The van der Waals surface area contributed by atoms with Crippen molar-refractivity contribution in [2.24, 2.45) is 0 Å². The number of piperidine rings is 1. The lowest BCUT2D eigenvalue weighted by Gasteiger charge is -2.35. The third-order valence-corrected chi connectivity index (χ3v) is 5.02. The van der Waals surface area contributed by atoms with Crippen molar-refractivity contribution in [3.8, 4) is 0 Å². The maximum Gasteiger partial charge on any atom is 0.269 e. The van der Waals surface area contributed by atoms with Crippen molar-refractivity contribution >= 4 is 17.3 Å². The molecular weight excluding hydrogens is 310 g/mol. The third-order valence-electron chi connectivity index (χ3n) is 5.02. The number of hydrogen-bond acceptors (Lipinski definition) is 5. The molecule has 2 aliphatic rings. The Hall–Kier alpha value is -1.99. The zero-order valence-electron chi connectivity index (χ0n) is 13.7. The first-order chi connectivity index (χ1) is 11.6. The Labute approximate surface area is 141 Å². The Bertz CT molecular complexity index is 632. The van der Waals surface area contributed by atoms with Gasteiger partial charge < -0.3 is 10.0 Å². The van der Waals surface area contributed by atoms with E-state index in [1.54, 1.807) is 17.0 Å². The van der Waals surface area contributed by atoms with E-state index in [2.05, 4.69) is 4.90 Å². The van der Waals surface area contributed by atoms with Gasteiger partial charge in [-0.25, -0.2) is 0 Å². The van der Waals surface area contributed by atoms with Crippen LogP contribution in [0, 0.1) is 10.1 Å². The monoisotopic (exact) mass is 333 g/mol. The van der Waals surface area contributed by atoms with E-state index in [0.717, 1.165) is 37.1 Å². The van der Waals surface area contributed by atoms with Crippen LogP contribution in [0.15, 0.2) is 18.2 Å². The summed E-state index contributed by atoms with van der Waals surface area (Å²) in [5.41, 5.74) is 1.73. The van der Waals surface area contributed by atoms with Crippen LogP contribution in [0.1, 0.15) is 31.2 Å². The highest BCUT2D eigenvalue weighted by atomic mass is 16.6. The van der Waals surface area contributed by atoms with Gasteiger partial charge in [0.05, 0.1) is 11.5 Å². The summed E-state index contributed by atoms with van der Waals surface area (Å²) >= 11 is 0. The number of amides is 1. The fraction of sp³-hybridized carbons (Fsp3) is 0.588. The van der Waals surface area contributed by atoms with Gasteiger partial charge in [-0.3, -0.25) is 19.8 Å². The molecule has 7 heteroatoms. The minimum Gasteiger partial charge on any atom is -0.396 e. The second-order valence-corrected chi connectivity index (χ2v) is 6.50. The van der Waals surface area contributed by atoms with Gasteiger partial charge in [-0.15, -0.1) is 0 Å². The number of fused-ring (bicyclic) bond motifs is 1. The van der Waals surface area contributed by atoms with Crippen molar-refractivity contribution in [1.82, 2.24) is 4.90 Å². The van der Waals surface area contributed by atoms with Gasteiger partial charge in [-0.2, -0.15) is 0 Å². The first-order valence-electron chi connectivity index (χ1n) is 8.52. The maximum atomic E-state index is 12.7. The van der Waals surface area contributed by atoms with E-state index < -0.39 is 4.92 Å². The Morgan fingerprint density at radius 3 is 2.92 bits per heavy atom. The van der Waals surface area contributed by atoms with Gasteiger partial charge in [0, 0.05) is 37.0 Å². The van der Waals surface area contributed by atoms with Crippen molar-refractivity contribution < 1.29 is 14.8 Å². The average Bonchev–Trinajstić information content (AvgIpc) is 3.00. The molecule has 1 atom stereocenters. The Kier molecular flexibility index (Phi) is 5.11. The number of nitro benzene ring substituents is 1. The van der Waals surface area contributed by atoms with Crippen LogP contribution in [0.2, 0.25) is 0 Å². The smallest absolute Gasteiger partial charge is 0.269 e. The molecule has 0 aliphatic carbocycles. The van der Waals surface area contributed by atoms with Crippen molar-refractivity contribution in [2.45, 2.75) is 38.1 Å². The van der Waals surface area contributed by atoms with Crippen LogP contribution in [0.25, 0.3) is 0 Å². The van der Waals surface area contributed by atoms with E-state index in [-0.39, 0.29) is 24.2 Å². The largest absolute Gasteiger partial charge is 0.396 e. The fourth-order valence-electron chi connectivity index (χ4n) is 3.76. The molecule has 0 radical (unpaired) electrons. The molecule has 1 aromatic rings. The van der Waals surface area contributed by atoms with Gasteiger partial charge in [-0.1, -0.05) is 6.42 Å². The van der Waals surface area contributed by atoms with E-state index in [9.17, 15) is 20.0 Å². The number of carbonyl (C=O) groups excluding carboxylic acids is 1. The van der Waals surface area contributed by atoms with E-state index in [0.29, 0.717) is 25.9 Å². The summed E-state index contributed by atoms with van der Waals surface area (Å²) in [5.74, 6) is 0.0347. The van der Waals surface area contributed by atoms with Gasteiger partial charge in [-0.05, 0) is 43.9 Å². The van der Waals surface area contributed by atoms with Gasteiger partial charge in [0.1, 0.15) is 0 Å². The molecule has 1 fully saturated rings. The first-order valence-corrected chi connectivity index (χ1v) is 8.52. The van der Waals surface area contributed by atoms with Gasteiger partial charge in [0.25, 0.3) is 5.69 Å². The number of aliphatic hydroxyl groups is 1. The van der Waals surface area contributed by atoms with Crippen molar-refractivity contribution in [3.63, 3.8) is 0 Å². The molecule has 1 saturated heterocycles. The quantitative estimate of drug-likeness (QED) is 0.655. The Morgan fingerprint density at radius 1 is 1.33 bits per heavy atom. The highest BCUT2D eigenvalue weighted by Crippen LogP contribution is 2.31. The molecule has 7 nitrogen and oxygen atoms in total. The molecule has 1 unspecified atom stereocenters. The lowest BCUT2D eigenvalue weighted by molar-refractivity contribution is -0.384. The minimum absolute atomic E-state index is 0.0347. The number of benzene rings is 1. The van der Waals surface area contributed by atoms with Gasteiger partial charge >= 0.3 is 0 Å². The van der Waals surface area contributed by atoms with Crippen molar-refractivity contribution in [2.75, 3.05) is 31.1 Å². The van der Waals surface area contributed by atoms with E-state index in [1.165, 1.54) is 6.07 Å². The number of nitro groups is 1. The topological polar surface area (TPSA) is 86.9 Å². The highest BCUT2D eigenvalue weighted by molar-refractivity contribution is 5.97. The zero-order chi connectivity index (χ0) is 17.1. The zero-order valence-corrected chi connectivity index (χ0v) is 13.7. The summed E-state index contributed by atoms with van der Waals surface area (Å²) in [6, 6.07) is 4.98. The lowest BCUT2D eigenvalue weighted by atomic mass is 9.99. The normalized spacial score (nSPS) is 20.9. The second kappa shape index (κ2) is 7.27. The molecular formula is C17H23N3O4. The molecule has 1 amide bonds. The molecule has 130 valence electrons. The van der Waals surface area contributed by atoms with Crippen molar-refractivity contribution in [3.05, 3.63) is 33.9 Å². The standard InChI is InChI=1S/C17H23N3O4/c21-10-7-14-3-1-2-8-18(14)12-17(22)19-9-6-13-11-15(20(23)24)4-5-16(13)19/h4-5,11,14,21H,1-3,6-10,12H2. The van der Waals surface area contributed by atoms with Crippen LogP contribution in [0.5, 0.6) is 0 Å². The number of carbonyl (C=O) groups is 1. The van der Waals surface area contributed by atoms with Crippen LogP contribution < -0.4 is 4.90 Å². The number of rotatable bonds is 5. The van der Waals surface area contributed by atoms with Crippen LogP contribution >= 0.6 is 0 Å². The van der Waals surface area contributed by atoms with Gasteiger partial charge in [0.2, 0.25) is 5.91 Å². The molecule has 0 spiro atoms. The fourth-order valence-corrected chi connectivity index (χ4v) is 3.76. The summed E-state index contributed by atoms with van der Waals surface area (Å²) in [5, 5.41) is 20.1. The summed E-state index contributed by atoms with van der Waals surface area (Å²) in [4.78, 5) is 27.1. The van der Waals surface area contributed by atoms with Crippen LogP contribution in [-0.4, -0.2) is 53.1 Å². The van der Waals surface area contributed by atoms with E-state index in [4.69, 9.17) is 0 Å². The number of nitrogens with zero attached hydrogens (tertiary/aromatic N) is 3. The van der Waals surface area contributed by atoms with E-state index >= 15 is 0 Å². The molecule has 24 heavy (non-hydrogen) atoms. The Morgan fingerprint density at radius 2 is 2.17 bits per heavy atom. The number of anilines is 1. The number of hydrogen-bond donors (Lipinski definition) is 1. The van der Waals surface area contributed by atoms with Crippen LogP contribution in [-0.2, 0) is 11.2 Å². The van der Waals surface area contributed by atoms with Crippen molar-refractivity contribution in [1.29, 1.82) is 0 Å². The molecule has 0 aromatic heterocycles. The molecule has 1 aromatic carbocycles. The molecule has 2 heterocycles. The number of likely N-dealkylation sites (tertiary alicyclic amines) is 1. The van der Waals surface area contributed by atoms with Gasteiger partial charge in [0.15, 0.2) is 0 Å². The molecule has 0 saturated carbocycles. The Balaban J connectivity index is 1.70. The third kappa shape index (κ3) is 3.42. The molecule has 1 N–H and O–H groups in total. The average molecular weight is 333 g/mol. The predicted molar refractivity (Wildman–Crippen MR) is 90.1 cm³/mol. The summed E-state index contributed by atoms with van der Waals surface area (Å²) in [6.07, 6.45) is 4.61. The summed E-state index contributed by atoms with van der Waals surface area (Å²) in [7, 11) is 0. The first kappa shape index (κ1) is 16.9. The number of aliphatic hydroxyl groups excluding tert-OH is 1. The molecule has 3 rings (SSSR count). The second-order valence-electron chi connectivity index (χ2n) is 6.50. The number of non-ortho nitro benzene ring substituents is 1. The summed E-state index contributed by atoms with van der Waals surface area (Å²) < 4.78 is 0.